The van der Waals surface area contributed by atoms with E-state index in [2.05, 4.69) is 27.1 Å². The Morgan fingerprint density at radius 1 is 1.39 bits per heavy atom. The van der Waals surface area contributed by atoms with Crippen molar-refractivity contribution in [3.8, 4) is 0 Å². The smallest absolute Gasteiger partial charge is 0.306 e. The number of carbonyl (C=O) groups excluding carboxylic acids is 2. The molecule has 0 radical (unpaired) electrons. The molecular weight excluding hydrogens is 430 g/mol. The monoisotopic (exact) mass is 461 g/mol. The van der Waals surface area contributed by atoms with Gasteiger partial charge in [-0.25, -0.2) is 9.50 Å². The number of nitrogens with one attached hydrogen (secondary N) is 1. The number of fused-ring (bicyclic) bond motifs is 1. The molecule has 0 aliphatic carbocycles. The number of nitrogens with zero attached hydrogens (tertiary/aromatic N) is 4. The van der Waals surface area contributed by atoms with Crippen molar-refractivity contribution < 1.29 is 29.3 Å². The van der Waals surface area contributed by atoms with Crippen molar-refractivity contribution in [3.05, 3.63) is 24.2 Å². The minimum Gasteiger partial charge on any atom is -0.463 e. The number of aliphatic imine (C=N–C) groups is 1. The maximum absolute atomic E-state index is 12.1. The first-order valence-electron chi connectivity index (χ1n) is 11.0. The summed E-state index contributed by atoms with van der Waals surface area (Å²) in [7, 11) is 0. The summed E-state index contributed by atoms with van der Waals surface area (Å²) >= 11 is 0. The van der Waals surface area contributed by atoms with Crippen molar-refractivity contribution in [1.82, 2.24) is 14.6 Å². The summed E-state index contributed by atoms with van der Waals surface area (Å²) in [6, 6.07) is 3.34. The summed E-state index contributed by atoms with van der Waals surface area (Å²) in [5, 5.41) is 28.7. The molecular formula is C22H31N5O6. The van der Waals surface area contributed by atoms with E-state index in [1.54, 1.807) is 12.1 Å². The molecule has 1 fully saturated rings. The Bertz CT molecular complexity index is 1010. The Labute approximate surface area is 191 Å². The Hall–Kier alpha value is -2.89. The minimum atomic E-state index is -1.50. The van der Waals surface area contributed by atoms with Crippen molar-refractivity contribution >= 4 is 29.9 Å². The van der Waals surface area contributed by atoms with Crippen LogP contribution in [0.4, 0.5) is 5.82 Å². The number of hydrogen-bond donors (Lipinski definition) is 3. The third kappa shape index (κ3) is 5.05. The molecule has 33 heavy (non-hydrogen) atoms. The van der Waals surface area contributed by atoms with Crippen LogP contribution in [0.1, 0.15) is 45.7 Å². The first-order chi connectivity index (χ1) is 15.7. The van der Waals surface area contributed by atoms with Gasteiger partial charge in [-0.2, -0.15) is 5.10 Å². The Balaban J connectivity index is 1.92. The topological polar surface area (TPSA) is 148 Å². The summed E-state index contributed by atoms with van der Waals surface area (Å²) < 4.78 is 12.8. The van der Waals surface area contributed by atoms with Crippen LogP contribution in [0.2, 0.25) is 0 Å². The number of aromatic nitrogens is 3. The lowest BCUT2D eigenvalue weighted by Crippen LogP contribution is -2.44. The second-order valence-electron chi connectivity index (χ2n) is 8.57. The molecule has 3 heterocycles. The van der Waals surface area contributed by atoms with Gasteiger partial charge in [0, 0.05) is 12.8 Å². The van der Waals surface area contributed by atoms with Crippen LogP contribution in [0.15, 0.2) is 23.5 Å². The predicted octanol–water partition coefficient (Wildman–Crippen LogP) is 1.07. The molecule has 1 amide bonds. The second-order valence-corrected chi connectivity index (χ2v) is 8.57. The summed E-state index contributed by atoms with van der Waals surface area (Å²) in [5.41, 5.74) is -0.625. The highest BCUT2D eigenvalue weighted by molar-refractivity contribution is 5.93. The Morgan fingerprint density at radius 2 is 2.15 bits per heavy atom. The number of rotatable bonds is 10. The van der Waals surface area contributed by atoms with E-state index in [0.717, 1.165) is 0 Å². The van der Waals surface area contributed by atoms with E-state index in [-0.39, 0.29) is 31.4 Å². The normalized spacial score (nSPS) is 24.8. The molecule has 0 aromatic carbocycles. The number of anilines is 1. The van der Waals surface area contributed by atoms with E-state index in [4.69, 9.17) is 9.47 Å². The SMILES string of the molecule is C=NC[C@@]1(c2ccc3c(NC(=O)CCC)ncnn23)O[C@H](COC(=O)CC(C)C)[C@@H](O)[C@H]1O. The van der Waals surface area contributed by atoms with E-state index in [1.807, 2.05) is 20.8 Å². The van der Waals surface area contributed by atoms with E-state index in [9.17, 15) is 19.8 Å². The summed E-state index contributed by atoms with van der Waals surface area (Å²) in [6.45, 7) is 8.90. The maximum atomic E-state index is 12.1. The standard InChI is InChI=1S/C22H31N5O6/c1-5-6-17(28)26-21-14-7-8-16(27(14)25-12-24-21)22(11-23-4)20(31)19(30)15(33-22)10-32-18(29)9-13(2)3/h7-8,12-13,15,19-20,30-31H,4-6,9-11H2,1-3H3,(H,24,25,26,28)/t15-,19-,20-,22+/m1/s1. The summed E-state index contributed by atoms with van der Waals surface area (Å²) in [4.78, 5) is 32.1. The van der Waals surface area contributed by atoms with Gasteiger partial charge < -0.3 is 25.0 Å². The highest BCUT2D eigenvalue weighted by atomic mass is 16.6. The van der Waals surface area contributed by atoms with Crippen LogP contribution in [0.3, 0.4) is 0 Å². The fraction of sp³-hybridized carbons (Fsp3) is 0.591. The lowest BCUT2D eigenvalue weighted by atomic mass is 9.91. The number of amides is 1. The quantitative estimate of drug-likeness (QED) is 0.352. The molecule has 180 valence electrons. The van der Waals surface area contributed by atoms with Gasteiger partial charge in [0.25, 0.3) is 0 Å². The van der Waals surface area contributed by atoms with Gasteiger partial charge in [0.15, 0.2) is 11.4 Å². The van der Waals surface area contributed by atoms with Crippen LogP contribution in [-0.2, 0) is 24.7 Å². The van der Waals surface area contributed by atoms with Gasteiger partial charge in [-0.05, 0) is 31.2 Å². The van der Waals surface area contributed by atoms with Gasteiger partial charge in [0.1, 0.15) is 36.8 Å². The molecule has 4 atom stereocenters. The zero-order chi connectivity index (χ0) is 24.2. The lowest BCUT2D eigenvalue weighted by molar-refractivity contribution is -0.153. The predicted molar refractivity (Wildman–Crippen MR) is 120 cm³/mol. The second kappa shape index (κ2) is 10.4. The van der Waals surface area contributed by atoms with Crippen molar-refractivity contribution in [2.24, 2.45) is 10.9 Å². The third-order valence-corrected chi connectivity index (χ3v) is 5.49. The molecule has 0 unspecified atom stereocenters. The van der Waals surface area contributed by atoms with Crippen LogP contribution >= 0.6 is 0 Å². The van der Waals surface area contributed by atoms with Crippen molar-refractivity contribution in [1.29, 1.82) is 0 Å². The number of aliphatic hydroxyl groups is 2. The molecule has 1 aliphatic rings. The number of carbonyl (C=O) groups is 2. The summed E-state index contributed by atoms with van der Waals surface area (Å²) in [5.74, 6) is -0.161. The molecule has 2 aromatic heterocycles. The van der Waals surface area contributed by atoms with Gasteiger partial charge in [-0.3, -0.25) is 14.6 Å². The minimum absolute atomic E-state index is 0.0880. The molecule has 3 N–H and O–H groups in total. The van der Waals surface area contributed by atoms with Gasteiger partial charge in [0.2, 0.25) is 5.91 Å². The third-order valence-electron chi connectivity index (χ3n) is 5.49. The zero-order valence-electron chi connectivity index (χ0n) is 19.1. The van der Waals surface area contributed by atoms with Crippen LogP contribution in [0, 0.1) is 5.92 Å². The van der Waals surface area contributed by atoms with Gasteiger partial charge in [-0.15, -0.1) is 0 Å². The molecule has 11 heteroatoms. The largest absolute Gasteiger partial charge is 0.463 e. The van der Waals surface area contributed by atoms with Crippen LogP contribution < -0.4 is 5.32 Å². The molecule has 0 saturated carbocycles. The van der Waals surface area contributed by atoms with Crippen molar-refractivity contribution in [2.45, 2.75) is 63.9 Å². The molecule has 2 aromatic rings. The highest BCUT2D eigenvalue weighted by Gasteiger charge is 2.56. The Kier molecular flexibility index (Phi) is 7.77. The molecule has 1 saturated heterocycles. The molecule has 11 nitrogen and oxygen atoms in total. The van der Waals surface area contributed by atoms with Crippen LogP contribution in [-0.4, -0.2) is 74.9 Å². The van der Waals surface area contributed by atoms with Crippen LogP contribution in [0.5, 0.6) is 0 Å². The molecule has 1 aliphatic heterocycles. The fourth-order valence-corrected chi connectivity index (χ4v) is 3.95. The average Bonchev–Trinajstić information content (AvgIpc) is 3.29. The lowest BCUT2D eigenvalue weighted by Gasteiger charge is -2.30. The van der Waals surface area contributed by atoms with E-state index in [1.165, 1.54) is 10.8 Å². The van der Waals surface area contributed by atoms with E-state index in [0.29, 0.717) is 29.9 Å². The highest BCUT2D eigenvalue weighted by Crippen LogP contribution is 2.41. The number of aliphatic hydroxyl groups excluding tert-OH is 2. The fourth-order valence-electron chi connectivity index (χ4n) is 3.95. The molecule has 0 spiro atoms. The summed E-state index contributed by atoms with van der Waals surface area (Å²) in [6.07, 6.45) is -1.17. The van der Waals surface area contributed by atoms with Crippen molar-refractivity contribution in [3.63, 3.8) is 0 Å². The van der Waals surface area contributed by atoms with Gasteiger partial charge in [-0.1, -0.05) is 20.8 Å². The zero-order valence-corrected chi connectivity index (χ0v) is 19.1. The Morgan fingerprint density at radius 3 is 2.82 bits per heavy atom. The number of esters is 1. The first kappa shape index (κ1) is 24.7. The average molecular weight is 462 g/mol. The van der Waals surface area contributed by atoms with Gasteiger partial charge >= 0.3 is 5.97 Å². The number of hydrogen-bond acceptors (Lipinski definition) is 9. The van der Waals surface area contributed by atoms with Crippen molar-refractivity contribution in [2.75, 3.05) is 18.5 Å². The maximum Gasteiger partial charge on any atom is 0.306 e. The number of ether oxygens (including phenoxy) is 2. The van der Waals surface area contributed by atoms with Gasteiger partial charge in [0.05, 0.1) is 12.2 Å². The van der Waals surface area contributed by atoms with E-state index < -0.39 is 29.9 Å². The molecule has 3 rings (SSSR count). The molecule has 0 bridgehead atoms. The van der Waals surface area contributed by atoms with Crippen LogP contribution in [0.25, 0.3) is 5.52 Å². The van der Waals surface area contributed by atoms with E-state index >= 15 is 0 Å². The first-order valence-corrected chi connectivity index (χ1v) is 11.0.